The van der Waals surface area contributed by atoms with Crippen LogP contribution >= 0.6 is 11.6 Å². The van der Waals surface area contributed by atoms with Crippen molar-refractivity contribution in [2.45, 2.75) is 6.42 Å². The third kappa shape index (κ3) is 3.63. The van der Waals surface area contributed by atoms with Crippen molar-refractivity contribution >= 4 is 40.4 Å². The average molecular weight is 386 g/mol. The van der Waals surface area contributed by atoms with Crippen molar-refractivity contribution in [1.29, 1.82) is 0 Å². The van der Waals surface area contributed by atoms with E-state index in [1.807, 2.05) is 23.1 Å². The van der Waals surface area contributed by atoms with Crippen LogP contribution in [0.5, 0.6) is 0 Å². The Morgan fingerprint density at radius 2 is 2.11 bits per heavy atom. The van der Waals surface area contributed by atoms with Crippen molar-refractivity contribution in [3.63, 3.8) is 0 Å². The third-order valence-electron chi connectivity index (χ3n) is 4.85. The lowest BCUT2D eigenvalue weighted by molar-refractivity contribution is -0.117. The van der Waals surface area contributed by atoms with Gasteiger partial charge in [-0.2, -0.15) is 0 Å². The van der Waals surface area contributed by atoms with Gasteiger partial charge in [-0.05, 0) is 36.8 Å². The normalized spacial score (nSPS) is 19.1. The summed E-state index contributed by atoms with van der Waals surface area (Å²) in [4.78, 5) is 31.6. The molecule has 1 unspecified atom stereocenters. The Balaban J connectivity index is 1.42. The minimum Gasteiger partial charge on any atom is -0.325 e. The average Bonchev–Trinajstić information content (AvgIpc) is 2.65. The molecule has 2 heterocycles. The fraction of sp³-hybridized carbons (Fsp3) is 0.250. The number of hydrogen-bond donors (Lipinski definition) is 1. The Kier molecular flexibility index (Phi) is 4.76. The minimum absolute atomic E-state index is 0.00642. The number of rotatable bonds is 3. The third-order valence-corrected chi connectivity index (χ3v) is 5.15. The van der Waals surface area contributed by atoms with Gasteiger partial charge in [0.25, 0.3) is 0 Å². The van der Waals surface area contributed by atoms with Crippen LogP contribution in [0.15, 0.2) is 47.5 Å². The molecule has 0 bridgehead atoms. The van der Waals surface area contributed by atoms with Crippen LogP contribution in [0.2, 0.25) is 5.02 Å². The molecule has 1 N–H and O–H groups in total. The lowest BCUT2D eigenvalue weighted by Gasteiger charge is -2.34. The van der Waals surface area contributed by atoms with Gasteiger partial charge >= 0.3 is 0 Å². The monoisotopic (exact) mass is 385 g/mol. The number of piperidine rings is 1. The largest absolute Gasteiger partial charge is 0.325 e. The highest BCUT2D eigenvalue weighted by Gasteiger charge is 2.36. The van der Waals surface area contributed by atoms with Gasteiger partial charge in [0.15, 0.2) is 5.78 Å². The van der Waals surface area contributed by atoms with Gasteiger partial charge in [0.05, 0.1) is 23.2 Å². The Labute approximate surface area is 160 Å². The molecule has 1 fully saturated rings. The number of anilines is 1. The number of nitrogens with zero attached hydrogens (tertiary/aromatic N) is 2. The Morgan fingerprint density at radius 3 is 2.93 bits per heavy atom. The number of aliphatic imine (C=N–C) groups is 1. The second kappa shape index (κ2) is 7.21. The van der Waals surface area contributed by atoms with Gasteiger partial charge in [-0.1, -0.05) is 23.7 Å². The van der Waals surface area contributed by atoms with Crippen molar-refractivity contribution in [3.8, 4) is 0 Å². The molecule has 0 aliphatic carbocycles. The zero-order chi connectivity index (χ0) is 19.0. The maximum atomic E-state index is 13.5. The molecule has 1 amide bonds. The summed E-state index contributed by atoms with van der Waals surface area (Å²) < 4.78 is 13.5. The molecule has 1 saturated heterocycles. The van der Waals surface area contributed by atoms with Crippen LogP contribution in [0.1, 0.15) is 16.8 Å². The zero-order valence-electron chi connectivity index (χ0n) is 14.4. The SMILES string of the molecule is O=C(CN1CCC2=Nc3ccccc3C(=O)C2C1)Nc1ccc(Cl)c(F)c1. The molecule has 1 atom stereocenters. The number of likely N-dealkylation sites (tertiary alicyclic amines) is 1. The van der Waals surface area contributed by atoms with E-state index in [1.54, 1.807) is 12.1 Å². The van der Waals surface area contributed by atoms with Crippen LogP contribution in [0.3, 0.4) is 0 Å². The Hall–Kier alpha value is -2.57. The molecule has 0 spiro atoms. The van der Waals surface area contributed by atoms with E-state index >= 15 is 0 Å². The van der Waals surface area contributed by atoms with Gasteiger partial charge in [-0.25, -0.2) is 4.39 Å². The number of carbonyl (C=O) groups excluding carboxylic acids is 2. The summed E-state index contributed by atoms with van der Waals surface area (Å²) in [6.45, 7) is 1.23. The summed E-state index contributed by atoms with van der Waals surface area (Å²) >= 11 is 5.65. The molecule has 27 heavy (non-hydrogen) atoms. The summed E-state index contributed by atoms with van der Waals surface area (Å²) in [5, 5.41) is 2.67. The second-order valence-corrected chi connectivity index (χ2v) is 7.11. The summed E-state index contributed by atoms with van der Waals surface area (Å²) in [7, 11) is 0. The van der Waals surface area contributed by atoms with Crippen molar-refractivity contribution in [2.75, 3.05) is 25.0 Å². The van der Waals surface area contributed by atoms with E-state index < -0.39 is 5.82 Å². The fourth-order valence-electron chi connectivity index (χ4n) is 3.51. The molecule has 7 heteroatoms. The van der Waals surface area contributed by atoms with Gasteiger partial charge in [-0.15, -0.1) is 0 Å². The van der Waals surface area contributed by atoms with Gasteiger partial charge < -0.3 is 5.32 Å². The standard InChI is InChI=1S/C20H17ClFN3O2/c21-15-6-5-12(9-16(15)22)23-19(26)11-25-8-7-18-14(10-25)20(27)13-3-1-2-4-17(13)24-18/h1-6,9,14H,7-8,10-11H2,(H,23,26). The first-order valence-corrected chi connectivity index (χ1v) is 9.07. The van der Waals surface area contributed by atoms with Crippen molar-refractivity contribution in [1.82, 2.24) is 4.90 Å². The first-order chi connectivity index (χ1) is 13.0. The lowest BCUT2D eigenvalue weighted by Crippen LogP contribution is -2.47. The van der Waals surface area contributed by atoms with E-state index in [1.165, 1.54) is 12.1 Å². The predicted octanol–water partition coefficient (Wildman–Crippen LogP) is 3.71. The highest BCUT2D eigenvalue weighted by Crippen LogP contribution is 2.31. The number of para-hydroxylation sites is 1. The maximum Gasteiger partial charge on any atom is 0.238 e. The van der Waals surface area contributed by atoms with E-state index in [4.69, 9.17) is 11.6 Å². The first-order valence-electron chi connectivity index (χ1n) is 8.69. The highest BCUT2D eigenvalue weighted by atomic mass is 35.5. The van der Waals surface area contributed by atoms with Crippen LogP contribution in [-0.2, 0) is 4.79 Å². The lowest BCUT2D eigenvalue weighted by atomic mass is 9.85. The molecule has 138 valence electrons. The van der Waals surface area contributed by atoms with E-state index in [9.17, 15) is 14.0 Å². The molecule has 5 nitrogen and oxygen atoms in total. The number of ketones is 1. The summed E-state index contributed by atoms with van der Waals surface area (Å²) in [6.07, 6.45) is 0.646. The van der Waals surface area contributed by atoms with Gasteiger partial charge in [-0.3, -0.25) is 19.5 Å². The van der Waals surface area contributed by atoms with Gasteiger partial charge in [0, 0.05) is 30.1 Å². The number of amides is 1. The molecule has 4 rings (SSSR count). The van der Waals surface area contributed by atoms with E-state index in [0.29, 0.717) is 30.8 Å². The molecule has 2 aromatic carbocycles. The number of carbonyl (C=O) groups is 2. The zero-order valence-corrected chi connectivity index (χ0v) is 15.2. The van der Waals surface area contributed by atoms with E-state index in [2.05, 4.69) is 10.3 Å². The molecule has 2 aliphatic heterocycles. The van der Waals surface area contributed by atoms with Crippen LogP contribution in [0.4, 0.5) is 15.8 Å². The van der Waals surface area contributed by atoms with Crippen LogP contribution in [0.25, 0.3) is 0 Å². The molecule has 0 saturated carbocycles. The molecular formula is C20H17ClFN3O2. The van der Waals surface area contributed by atoms with Gasteiger partial charge in [0.1, 0.15) is 5.82 Å². The summed E-state index contributed by atoms with van der Waals surface area (Å²) in [6, 6.07) is 11.5. The molecule has 0 radical (unpaired) electrons. The first kappa shape index (κ1) is 17.8. The summed E-state index contributed by atoms with van der Waals surface area (Å²) in [5.41, 5.74) is 2.60. The number of nitrogens with one attached hydrogen (secondary N) is 1. The number of halogens is 2. The van der Waals surface area contributed by atoms with E-state index in [0.717, 1.165) is 11.4 Å². The quantitative estimate of drug-likeness (QED) is 0.876. The number of fused-ring (bicyclic) bond motifs is 2. The number of hydrogen-bond acceptors (Lipinski definition) is 4. The number of benzene rings is 2. The van der Waals surface area contributed by atoms with Crippen molar-refractivity contribution < 1.29 is 14.0 Å². The molecular weight excluding hydrogens is 369 g/mol. The highest BCUT2D eigenvalue weighted by molar-refractivity contribution is 6.30. The van der Waals surface area contributed by atoms with Crippen LogP contribution < -0.4 is 5.32 Å². The van der Waals surface area contributed by atoms with Crippen LogP contribution in [-0.4, -0.2) is 41.9 Å². The maximum absolute atomic E-state index is 13.5. The summed E-state index contributed by atoms with van der Waals surface area (Å²) in [5.74, 6) is -1.10. The molecule has 2 aromatic rings. The fourth-order valence-corrected chi connectivity index (χ4v) is 3.63. The van der Waals surface area contributed by atoms with Crippen molar-refractivity contribution in [3.05, 3.63) is 58.9 Å². The van der Waals surface area contributed by atoms with Crippen LogP contribution in [0, 0.1) is 11.7 Å². The minimum atomic E-state index is -0.584. The Morgan fingerprint density at radius 1 is 1.30 bits per heavy atom. The van der Waals surface area contributed by atoms with Crippen molar-refractivity contribution in [2.24, 2.45) is 10.9 Å². The number of Topliss-reactive ketones (excluding diaryl/α,β-unsaturated/α-hetero) is 1. The smallest absolute Gasteiger partial charge is 0.238 e. The van der Waals surface area contributed by atoms with Gasteiger partial charge in [0.2, 0.25) is 5.91 Å². The molecule has 2 aliphatic rings. The second-order valence-electron chi connectivity index (χ2n) is 6.70. The van der Waals surface area contributed by atoms with E-state index in [-0.39, 0.29) is 29.2 Å². The Bertz CT molecular complexity index is 960. The predicted molar refractivity (Wildman–Crippen MR) is 102 cm³/mol. The topological polar surface area (TPSA) is 61.8 Å². The molecule has 0 aromatic heterocycles.